The van der Waals surface area contributed by atoms with Crippen molar-refractivity contribution in [1.29, 1.82) is 0 Å². The van der Waals surface area contributed by atoms with Crippen molar-refractivity contribution >= 4 is 56.4 Å². The second-order valence-corrected chi connectivity index (χ2v) is 5.61. The van der Waals surface area contributed by atoms with Crippen LogP contribution in [0.25, 0.3) is 0 Å². The second-order valence-electron chi connectivity index (χ2n) is 3.85. The third-order valence-electron chi connectivity index (χ3n) is 2.36. The predicted octanol–water partition coefficient (Wildman–Crippen LogP) is 4.59. The van der Waals surface area contributed by atoms with Crippen LogP contribution in [0, 0.1) is 0 Å². The number of halogens is 3. The average molecular weight is 360 g/mol. The van der Waals surface area contributed by atoms with Crippen LogP contribution >= 0.6 is 39.1 Å². The van der Waals surface area contributed by atoms with Crippen LogP contribution in [-0.4, -0.2) is 5.91 Å². The molecule has 1 amide bonds. The van der Waals surface area contributed by atoms with Gasteiger partial charge in [-0.1, -0.05) is 39.1 Å². The normalized spacial score (nSPS) is 10.3. The van der Waals surface area contributed by atoms with E-state index in [1.54, 1.807) is 36.4 Å². The molecule has 3 nitrogen and oxygen atoms in total. The summed E-state index contributed by atoms with van der Waals surface area (Å²) in [6, 6.07) is 9.86. The first-order chi connectivity index (χ1) is 8.95. The van der Waals surface area contributed by atoms with Crippen LogP contribution < -0.4 is 11.1 Å². The number of amides is 1. The molecule has 0 bridgehead atoms. The lowest BCUT2D eigenvalue weighted by atomic mass is 10.2. The van der Waals surface area contributed by atoms with E-state index in [4.69, 9.17) is 28.9 Å². The molecule has 0 saturated heterocycles. The molecule has 3 N–H and O–H groups in total. The maximum Gasteiger partial charge on any atom is 0.255 e. The Morgan fingerprint density at radius 1 is 1.16 bits per heavy atom. The maximum absolute atomic E-state index is 12.1. The minimum Gasteiger partial charge on any atom is -0.399 e. The Kier molecular flexibility index (Phi) is 4.34. The fourth-order valence-electron chi connectivity index (χ4n) is 1.53. The van der Waals surface area contributed by atoms with Crippen molar-refractivity contribution < 1.29 is 4.79 Å². The standard InChI is InChI=1S/C13H9BrCl2N2O/c14-8-1-2-12(11(16)5-8)18-13(19)7-3-9(15)6-10(17)4-7/h1-6H,17H2,(H,18,19). The number of anilines is 2. The summed E-state index contributed by atoms with van der Waals surface area (Å²) in [5.41, 5.74) is 6.97. The molecule has 2 rings (SSSR count). The highest BCUT2D eigenvalue weighted by Gasteiger charge is 2.10. The minimum atomic E-state index is -0.321. The van der Waals surface area contributed by atoms with Crippen molar-refractivity contribution in [3.8, 4) is 0 Å². The van der Waals surface area contributed by atoms with Gasteiger partial charge in [0, 0.05) is 20.7 Å². The predicted molar refractivity (Wildman–Crippen MR) is 83.0 cm³/mol. The minimum absolute atomic E-state index is 0.321. The molecule has 0 aliphatic rings. The molecule has 0 heterocycles. The highest BCUT2D eigenvalue weighted by Crippen LogP contribution is 2.26. The number of nitrogens with two attached hydrogens (primary N) is 1. The van der Waals surface area contributed by atoms with Gasteiger partial charge in [0.2, 0.25) is 0 Å². The zero-order valence-corrected chi connectivity index (χ0v) is 12.7. The average Bonchev–Trinajstić information content (AvgIpc) is 2.31. The van der Waals surface area contributed by atoms with Crippen molar-refractivity contribution in [2.24, 2.45) is 0 Å². The van der Waals surface area contributed by atoms with Crippen molar-refractivity contribution in [3.63, 3.8) is 0 Å². The molecule has 2 aromatic carbocycles. The number of rotatable bonds is 2. The molecule has 2 aromatic rings. The fourth-order valence-corrected chi connectivity index (χ4v) is 2.49. The van der Waals surface area contributed by atoms with Gasteiger partial charge in [-0.15, -0.1) is 0 Å². The Labute approximate surface area is 128 Å². The Morgan fingerprint density at radius 3 is 2.53 bits per heavy atom. The molecule has 0 fully saturated rings. The molecule has 0 radical (unpaired) electrons. The van der Waals surface area contributed by atoms with Crippen molar-refractivity contribution in [1.82, 2.24) is 0 Å². The number of benzene rings is 2. The molecule has 0 saturated carbocycles. The molecule has 6 heteroatoms. The summed E-state index contributed by atoms with van der Waals surface area (Å²) in [5.74, 6) is -0.321. The fraction of sp³-hybridized carbons (Fsp3) is 0. The van der Waals surface area contributed by atoms with Crippen LogP contribution in [0.15, 0.2) is 40.9 Å². The van der Waals surface area contributed by atoms with Crippen molar-refractivity contribution in [3.05, 3.63) is 56.5 Å². The van der Waals surface area contributed by atoms with Crippen LogP contribution in [-0.2, 0) is 0 Å². The first-order valence-corrected chi connectivity index (χ1v) is 6.83. The SMILES string of the molecule is Nc1cc(Cl)cc(C(=O)Nc2ccc(Br)cc2Cl)c1. The quantitative estimate of drug-likeness (QED) is 0.770. The van der Waals surface area contributed by atoms with E-state index in [0.717, 1.165) is 4.47 Å². The number of nitrogens with one attached hydrogen (secondary N) is 1. The zero-order chi connectivity index (χ0) is 14.0. The van der Waals surface area contributed by atoms with Gasteiger partial charge in [-0.25, -0.2) is 0 Å². The molecule has 0 unspecified atom stereocenters. The number of hydrogen-bond acceptors (Lipinski definition) is 2. The summed E-state index contributed by atoms with van der Waals surface area (Å²) in [7, 11) is 0. The number of nitrogen functional groups attached to an aromatic ring is 1. The molecule has 0 spiro atoms. The second kappa shape index (κ2) is 5.82. The Morgan fingerprint density at radius 2 is 1.89 bits per heavy atom. The van der Waals surface area contributed by atoms with Crippen molar-refractivity contribution in [2.45, 2.75) is 0 Å². The van der Waals surface area contributed by atoms with Crippen LogP contribution in [0.3, 0.4) is 0 Å². The highest BCUT2D eigenvalue weighted by molar-refractivity contribution is 9.10. The lowest BCUT2D eigenvalue weighted by Crippen LogP contribution is -2.12. The molecule has 0 aliphatic heterocycles. The summed E-state index contributed by atoms with van der Waals surface area (Å²) in [6.07, 6.45) is 0. The molecule has 19 heavy (non-hydrogen) atoms. The Hall–Kier alpha value is -1.23. The van der Waals surface area contributed by atoms with Crippen LogP contribution in [0.5, 0.6) is 0 Å². The smallest absolute Gasteiger partial charge is 0.255 e. The lowest BCUT2D eigenvalue weighted by Gasteiger charge is -2.08. The summed E-state index contributed by atoms with van der Waals surface area (Å²) in [6.45, 7) is 0. The Bertz CT molecular complexity index is 626. The third kappa shape index (κ3) is 3.62. The van der Waals surface area contributed by atoms with Crippen molar-refractivity contribution in [2.75, 3.05) is 11.1 Å². The number of carbonyl (C=O) groups is 1. The molecule has 0 atom stereocenters. The first-order valence-electron chi connectivity index (χ1n) is 5.28. The third-order valence-corrected chi connectivity index (χ3v) is 3.39. The molecular weight excluding hydrogens is 351 g/mol. The van der Waals surface area contributed by atoms with Gasteiger partial charge < -0.3 is 11.1 Å². The topological polar surface area (TPSA) is 55.1 Å². The van der Waals surface area contributed by atoms with Gasteiger partial charge in [0.25, 0.3) is 5.91 Å². The van der Waals surface area contributed by atoms with Crippen LogP contribution in [0.2, 0.25) is 10.0 Å². The van der Waals surface area contributed by atoms with Crippen LogP contribution in [0.4, 0.5) is 11.4 Å². The Balaban J connectivity index is 2.25. The van der Waals surface area contributed by atoms with E-state index in [2.05, 4.69) is 21.2 Å². The molecular formula is C13H9BrCl2N2O. The summed E-state index contributed by atoms with van der Waals surface area (Å²) >= 11 is 15.2. The first kappa shape index (κ1) is 14.2. The van der Waals surface area contributed by atoms with Gasteiger partial charge in [0.05, 0.1) is 10.7 Å². The molecule has 0 aromatic heterocycles. The maximum atomic E-state index is 12.1. The monoisotopic (exact) mass is 358 g/mol. The molecule has 98 valence electrons. The van der Waals surface area contributed by atoms with E-state index in [-0.39, 0.29) is 5.91 Å². The van der Waals surface area contributed by atoms with E-state index in [1.165, 1.54) is 0 Å². The highest BCUT2D eigenvalue weighted by atomic mass is 79.9. The van der Waals surface area contributed by atoms with E-state index in [1.807, 2.05) is 0 Å². The summed E-state index contributed by atoms with van der Waals surface area (Å²) < 4.78 is 0.836. The van der Waals surface area contributed by atoms with Gasteiger partial charge in [-0.2, -0.15) is 0 Å². The lowest BCUT2D eigenvalue weighted by molar-refractivity contribution is 0.102. The van der Waals surface area contributed by atoms with Gasteiger partial charge in [-0.05, 0) is 36.4 Å². The number of carbonyl (C=O) groups excluding carboxylic acids is 1. The van der Waals surface area contributed by atoms with Gasteiger partial charge in [0.1, 0.15) is 0 Å². The van der Waals surface area contributed by atoms with Gasteiger partial charge in [0.15, 0.2) is 0 Å². The number of hydrogen-bond donors (Lipinski definition) is 2. The summed E-state index contributed by atoms with van der Waals surface area (Å²) in [5, 5.41) is 3.55. The van der Waals surface area contributed by atoms with Crippen LogP contribution in [0.1, 0.15) is 10.4 Å². The zero-order valence-electron chi connectivity index (χ0n) is 9.58. The summed E-state index contributed by atoms with van der Waals surface area (Å²) in [4.78, 5) is 12.1. The van der Waals surface area contributed by atoms with E-state index >= 15 is 0 Å². The van der Waals surface area contributed by atoms with E-state index in [0.29, 0.717) is 27.0 Å². The largest absolute Gasteiger partial charge is 0.399 e. The van der Waals surface area contributed by atoms with Gasteiger partial charge >= 0.3 is 0 Å². The van der Waals surface area contributed by atoms with Gasteiger partial charge in [-0.3, -0.25) is 4.79 Å². The van der Waals surface area contributed by atoms with E-state index < -0.39 is 0 Å². The molecule has 0 aliphatic carbocycles. The van der Waals surface area contributed by atoms with E-state index in [9.17, 15) is 4.79 Å².